The molecule has 1 heterocycles. The number of aromatic nitrogens is 1. The molecular weight excluding hydrogens is 284 g/mol. The fourth-order valence-electron chi connectivity index (χ4n) is 2.34. The van der Waals surface area contributed by atoms with Crippen molar-refractivity contribution in [1.82, 2.24) is 4.98 Å². The lowest BCUT2D eigenvalue weighted by atomic mass is 10.1. The van der Waals surface area contributed by atoms with Gasteiger partial charge in [0.1, 0.15) is 5.75 Å². The molecule has 0 spiro atoms. The molecule has 0 aliphatic carbocycles. The summed E-state index contributed by atoms with van der Waals surface area (Å²) in [6.45, 7) is 3.43. The quantitative estimate of drug-likeness (QED) is 0.708. The molecule has 0 amide bonds. The standard InChI is InChI=1S/C17H17ClN2O/c1-2-21-15-6-4-14(5-7-15)19-10-12-11-20-17-9-13(18)3-8-16(12)17/h3-9,11,19-20H,2,10H2,1H3. The molecule has 0 fully saturated rings. The fourth-order valence-corrected chi connectivity index (χ4v) is 2.51. The minimum atomic E-state index is 0.685. The number of aromatic amines is 1. The number of rotatable bonds is 5. The summed E-state index contributed by atoms with van der Waals surface area (Å²) < 4.78 is 5.43. The first-order chi connectivity index (χ1) is 10.3. The monoisotopic (exact) mass is 300 g/mol. The predicted octanol–water partition coefficient (Wildman–Crippen LogP) is 4.83. The van der Waals surface area contributed by atoms with Gasteiger partial charge in [0.15, 0.2) is 0 Å². The third kappa shape index (κ3) is 3.14. The number of benzene rings is 2. The molecular formula is C17H17ClN2O. The van der Waals surface area contributed by atoms with Crippen molar-refractivity contribution < 1.29 is 4.74 Å². The van der Waals surface area contributed by atoms with Gasteiger partial charge < -0.3 is 15.0 Å². The summed E-state index contributed by atoms with van der Waals surface area (Å²) >= 11 is 5.99. The van der Waals surface area contributed by atoms with Crippen molar-refractivity contribution in [1.29, 1.82) is 0 Å². The second-order valence-corrected chi connectivity index (χ2v) is 5.25. The van der Waals surface area contributed by atoms with Crippen LogP contribution in [-0.4, -0.2) is 11.6 Å². The molecule has 3 nitrogen and oxygen atoms in total. The van der Waals surface area contributed by atoms with Gasteiger partial charge >= 0.3 is 0 Å². The lowest BCUT2D eigenvalue weighted by Gasteiger charge is -2.07. The number of fused-ring (bicyclic) bond motifs is 1. The number of anilines is 1. The molecule has 0 aliphatic rings. The molecule has 0 saturated carbocycles. The van der Waals surface area contributed by atoms with E-state index in [0.717, 1.165) is 28.5 Å². The van der Waals surface area contributed by atoms with Gasteiger partial charge in [0, 0.05) is 34.4 Å². The van der Waals surface area contributed by atoms with Crippen LogP contribution in [0.1, 0.15) is 12.5 Å². The van der Waals surface area contributed by atoms with E-state index in [1.54, 1.807) is 0 Å². The maximum absolute atomic E-state index is 5.99. The Morgan fingerprint density at radius 2 is 1.95 bits per heavy atom. The van der Waals surface area contributed by atoms with Gasteiger partial charge in [0.25, 0.3) is 0 Å². The van der Waals surface area contributed by atoms with E-state index in [-0.39, 0.29) is 0 Å². The highest BCUT2D eigenvalue weighted by Crippen LogP contribution is 2.23. The lowest BCUT2D eigenvalue weighted by Crippen LogP contribution is -1.98. The Kier molecular flexibility index (Phi) is 4.02. The van der Waals surface area contributed by atoms with Crippen molar-refractivity contribution >= 4 is 28.2 Å². The van der Waals surface area contributed by atoms with Gasteiger partial charge in [-0.05, 0) is 48.9 Å². The predicted molar refractivity (Wildman–Crippen MR) is 88.2 cm³/mol. The summed E-state index contributed by atoms with van der Waals surface area (Å²) in [6.07, 6.45) is 2.02. The number of halogens is 1. The van der Waals surface area contributed by atoms with Gasteiger partial charge in [-0.1, -0.05) is 17.7 Å². The van der Waals surface area contributed by atoms with Gasteiger partial charge in [0.05, 0.1) is 6.61 Å². The Balaban J connectivity index is 1.71. The first kappa shape index (κ1) is 13.8. The molecule has 108 valence electrons. The summed E-state index contributed by atoms with van der Waals surface area (Å²) in [5, 5.41) is 5.35. The zero-order chi connectivity index (χ0) is 14.7. The highest BCUT2D eigenvalue weighted by atomic mass is 35.5. The van der Waals surface area contributed by atoms with Crippen LogP contribution in [0.2, 0.25) is 5.02 Å². The van der Waals surface area contributed by atoms with Crippen LogP contribution in [-0.2, 0) is 6.54 Å². The molecule has 2 aromatic carbocycles. The third-order valence-corrected chi connectivity index (χ3v) is 3.61. The van der Waals surface area contributed by atoms with Crippen LogP contribution < -0.4 is 10.1 Å². The Hall–Kier alpha value is -2.13. The molecule has 0 saturated heterocycles. The van der Waals surface area contributed by atoms with E-state index in [1.807, 2.05) is 55.6 Å². The Labute approximate surface area is 128 Å². The second kappa shape index (κ2) is 6.10. The molecule has 3 rings (SSSR count). The lowest BCUT2D eigenvalue weighted by molar-refractivity contribution is 0.340. The normalized spacial score (nSPS) is 10.8. The number of hydrogen-bond acceptors (Lipinski definition) is 2. The Morgan fingerprint density at radius 3 is 2.71 bits per heavy atom. The number of nitrogens with one attached hydrogen (secondary N) is 2. The van der Waals surface area contributed by atoms with Crippen LogP contribution in [0.5, 0.6) is 5.75 Å². The van der Waals surface area contributed by atoms with Gasteiger partial charge in [0.2, 0.25) is 0 Å². The van der Waals surface area contributed by atoms with Crippen LogP contribution in [0.4, 0.5) is 5.69 Å². The maximum Gasteiger partial charge on any atom is 0.119 e. The zero-order valence-electron chi connectivity index (χ0n) is 11.8. The van der Waals surface area contributed by atoms with E-state index in [9.17, 15) is 0 Å². The van der Waals surface area contributed by atoms with Crippen molar-refractivity contribution in [2.24, 2.45) is 0 Å². The van der Waals surface area contributed by atoms with Crippen LogP contribution in [0.3, 0.4) is 0 Å². The van der Waals surface area contributed by atoms with Gasteiger partial charge in [-0.3, -0.25) is 0 Å². The highest BCUT2D eigenvalue weighted by Gasteiger charge is 2.04. The minimum Gasteiger partial charge on any atom is -0.494 e. The zero-order valence-corrected chi connectivity index (χ0v) is 12.6. The van der Waals surface area contributed by atoms with Crippen molar-refractivity contribution in [2.75, 3.05) is 11.9 Å². The first-order valence-electron chi connectivity index (χ1n) is 6.98. The van der Waals surface area contributed by atoms with Crippen molar-refractivity contribution in [3.63, 3.8) is 0 Å². The van der Waals surface area contributed by atoms with Crippen LogP contribution in [0.25, 0.3) is 10.9 Å². The minimum absolute atomic E-state index is 0.685. The van der Waals surface area contributed by atoms with Crippen molar-refractivity contribution in [2.45, 2.75) is 13.5 Å². The van der Waals surface area contributed by atoms with Crippen LogP contribution in [0, 0.1) is 0 Å². The Morgan fingerprint density at radius 1 is 1.14 bits per heavy atom. The number of H-pyrrole nitrogens is 1. The highest BCUT2D eigenvalue weighted by molar-refractivity contribution is 6.31. The SMILES string of the molecule is CCOc1ccc(NCc2c[nH]c3cc(Cl)ccc23)cc1. The summed E-state index contributed by atoms with van der Waals surface area (Å²) in [5.74, 6) is 0.893. The second-order valence-electron chi connectivity index (χ2n) is 4.81. The average Bonchev–Trinajstić information content (AvgIpc) is 2.89. The molecule has 0 radical (unpaired) electrons. The molecule has 0 bridgehead atoms. The van der Waals surface area contributed by atoms with Gasteiger partial charge in [-0.25, -0.2) is 0 Å². The largest absolute Gasteiger partial charge is 0.494 e. The fraction of sp³-hybridized carbons (Fsp3) is 0.176. The van der Waals surface area contributed by atoms with Crippen LogP contribution >= 0.6 is 11.6 Å². The molecule has 21 heavy (non-hydrogen) atoms. The Bertz CT molecular complexity index is 734. The first-order valence-corrected chi connectivity index (χ1v) is 7.36. The van der Waals surface area contributed by atoms with Gasteiger partial charge in [-0.2, -0.15) is 0 Å². The van der Waals surface area contributed by atoms with E-state index in [2.05, 4.69) is 10.3 Å². The molecule has 4 heteroatoms. The summed E-state index contributed by atoms with van der Waals surface area (Å²) in [4.78, 5) is 3.25. The molecule has 0 aliphatic heterocycles. The molecule has 2 N–H and O–H groups in total. The summed E-state index contributed by atoms with van der Waals surface area (Å²) in [7, 11) is 0. The summed E-state index contributed by atoms with van der Waals surface area (Å²) in [5.41, 5.74) is 3.35. The van der Waals surface area contributed by atoms with E-state index in [4.69, 9.17) is 16.3 Å². The van der Waals surface area contributed by atoms with Crippen molar-refractivity contribution in [3.05, 3.63) is 59.2 Å². The average molecular weight is 301 g/mol. The smallest absolute Gasteiger partial charge is 0.119 e. The third-order valence-electron chi connectivity index (χ3n) is 3.38. The van der Waals surface area contributed by atoms with E-state index >= 15 is 0 Å². The van der Waals surface area contributed by atoms with Crippen LogP contribution in [0.15, 0.2) is 48.7 Å². The van der Waals surface area contributed by atoms with Gasteiger partial charge in [-0.15, -0.1) is 0 Å². The number of ether oxygens (including phenoxy) is 1. The topological polar surface area (TPSA) is 37.0 Å². The van der Waals surface area contributed by atoms with E-state index in [1.165, 1.54) is 10.9 Å². The molecule has 3 aromatic rings. The van der Waals surface area contributed by atoms with Crippen molar-refractivity contribution in [3.8, 4) is 5.75 Å². The molecule has 0 atom stereocenters. The van der Waals surface area contributed by atoms with E-state index in [0.29, 0.717) is 6.61 Å². The molecule has 0 unspecified atom stereocenters. The maximum atomic E-state index is 5.99. The summed E-state index contributed by atoms with van der Waals surface area (Å²) in [6, 6.07) is 13.9. The number of hydrogen-bond donors (Lipinski definition) is 2. The van der Waals surface area contributed by atoms with E-state index < -0.39 is 0 Å². The molecule has 1 aromatic heterocycles.